The first-order chi connectivity index (χ1) is 20.9. The lowest BCUT2D eigenvalue weighted by Crippen LogP contribution is -2.60. The van der Waals surface area contributed by atoms with E-state index in [2.05, 4.69) is 56.5 Å². The van der Waals surface area contributed by atoms with E-state index in [4.69, 9.17) is 4.74 Å². The summed E-state index contributed by atoms with van der Waals surface area (Å²) in [6, 6.07) is 12.4. The topological polar surface area (TPSA) is 105 Å². The second kappa shape index (κ2) is 11.0. The van der Waals surface area contributed by atoms with Crippen LogP contribution in [0.4, 0.5) is 5.69 Å². The number of carbonyl (C=O) groups excluding carboxylic acids is 3. The Balaban J connectivity index is 1.26. The number of nitrogens with one attached hydrogen (secondary N) is 2. The lowest BCUT2D eigenvalue weighted by Gasteiger charge is -2.56. The molecule has 0 heterocycles. The molecule has 0 aromatic heterocycles. The molecule has 7 heteroatoms. The maximum atomic E-state index is 14.4. The van der Waals surface area contributed by atoms with E-state index in [1.54, 1.807) is 7.11 Å². The van der Waals surface area contributed by atoms with Gasteiger partial charge < -0.3 is 15.2 Å². The Morgan fingerprint density at radius 1 is 0.795 bits per heavy atom. The van der Waals surface area contributed by atoms with Crippen molar-refractivity contribution in [2.45, 2.75) is 103 Å². The van der Waals surface area contributed by atoms with Gasteiger partial charge in [0.25, 0.3) is 0 Å². The summed E-state index contributed by atoms with van der Waals surface area (Å²) >= 11 is 0. The molecule has 3 amide bonds. The van der Waals surface area contributed by atoms with Gasteiger partial charge in [-0.1, -0.05) is 52.7 Å². The zero-order chi connectivity index (χ0) is 31.5. The maximum absolute atomic E-state index is 14.4. The summed E-state index contributed by atoms with van der Waals surface area (Å²) in [7, 11) is 1.70. The van der Waals surface area contributed by atoms with Gasteiger partial charge in [-0.05, 0) is 121 Å². The molecule has 2 saturated carbocycles. The van der Waals surface area contributed by atoms with Crippen LogP contribution in [-0.4, -0.2) is 36.5 Å². The first kappa shape index (κ1) is 30.8. The Kier molecular flexibility index (Phi) is 7.71. The molecular weight excluding hydrogens is 552 g/mol. The third-order valence-corrected chi connectivity index (χ3v) is 12.6. The van der Waals surface area contributed by atoms with Gasteiger partial charge in [0.05, 0.1) is 17.9 Å². The van der Waals surface area contributed by atoms with Gasteiger partial charge in [-0.2, -0.15) is 0 Å². The zero-order valence-corrected chi connectivity index (χ0v) is 27.0. The third kappa shape index (κ3) is 4.69. The Hall–Kier alpha value is -3.19. The lowest BCUT2D eigenvalue weighted by molar-refractivity contribution is -0.150. The van der Waals surface area contributed by atoms with Gasteiger partial charge in [-0.15, -0.1) is 0 Å². The molecule has 0 saturated heterocycles. The van der Waals surface area contributed by atoms with Crippen LogP contribution in [0.25, 0.3) is 0 Å². The largest absolute Gasteiger partial charge is 0.497 e. The molecule has 0 bridgehead atoms. The minimum absolute atomic E-state index is 0.0614. The molecule has 4 aliphatic carbocycles. The van der Waals surface area contributed by atoms with Crippen molar-refractivity contribution in [2.24, 2.45) is 22.7 Å². The Morgan fingerprint density at radius 2 is 1.32 bits per heavy atom. The van der Waals surface area contributed by atoms with Crippen LogP contribution in [0, 0.1) is 22.7 Å². The van der Waals surface area contributed by atoms with Gasteiger partial charge in [0.15, 0.2) is 0 Å². The number of hydrogen-bond acceptors (Lipinski definition) is 5. The highest BCUT2D eigenvalue weighted by atomic mass is 16.5. The van der Waals surface area contributed by atoms with Crippen molar-refractivity contribution in [3.8, 4) is 5.75 Å². The van der Waals surface area contributed by atoms with Crippen molar-refractivity contribution >= 4 is 23.4 Å². The minimum Gasteiger partial charge on any atom is -0.497 e. The molecule has 44 heavy (non-hydrogen) atoms. The molecule has 0 spiro atoms. The highest BCUT2D eigenvalue weighted by molar-refractivity contribution is 6.01. The number of hydrogen-bond donors (Lipinski definition) is 3. The van der Waals surface area contributed by atoms with Crippen molar-refractivity contribution in [2.75, 3.05) is 19.0 Å². The summed E-state index contributed by atoms with van der Waals surface area (Å²) in [5, 5.41) is 15.1. The summed E-state index contributed by atoms with van der Waals surface area (Å²) in [5.41, 5.74) is 3.97. The number of aliphatic hydroxyl groups excluding tert-OH is 1. The molecule has 2 aromatic rings. The number of amides is 3. The monoisotopic (exact) mass is 600 g/mol. The van der Waals surface area contributed by atoms with E-state index in [1.807, 2.05) is 18.2 Å². The molecule has 6 atom stereocenters. The maximum Gasteiger partial charge on any atom is 0.250 e. The summed E-state index contributed by atoms with van der Waals surface area (Å²) in [4.78, 5) is 40.6. The molecule has 6 rings (SSSR count). The van der Waals surface area contributed by atoms with Crippen LogP contribution in [0.1, 0.15) is 101 Å². The molecule has 2 fully saturated rings. The predicted molar refractivity (Wildman–Crippen MR) is 171 cm³/mol. The van der Waals surface area contributed by atoms with Crippen LogP contribution in [0.5, 0.6) is 5.75 Å². The molecule has 3 N–H and O–H groups in total. The first-order valence-electron chi connectivity index (χ1n) is 16.5. The molecule has 2 aromatic carbocycles. The average Bonchev–Trinajstić information content (AvgIpc) is 3.00. The summed E-state index contributed by atoms with van der Waals surface area (Å²) in [5.74, 6) is 0.340. The fourth-order valence-electron chi connectivity index (χ4n) is 10.2. The van der Waals surface area contributed by atoms with Crippen molar-refractivity contribution in [1.29, 1.82) is 0 Å². The average molecular weight is 601 g/mol. The van der Waals surface area contributed by atoms with Crippen molar-refractivity contribution < 1.29 is 24.2 Å². The summed E-state index contributed by atoms with van der Waals surface area (Å²) in [6.07, 6.45) is 8.88. The van der Waals surface area contributed by atoms with Crippen LogP contribution < -0.4 is 15.4 Å². The van der Waals surface area contributed by atoms with E-state index in [9.17, 15) is 19.5 Å². The van der Waals surface area contributed by atoms with Crippen LogP contribution in [0.2, 0.25) is 0 Å². The SMILES string of the molecule is COc1ccc2c(c1)[C@@]1(C)CCC[C@](C)(C(=O)NC(=O)[C@@]3(C)CCC[C@]4(C)c5cc(NC(=O)CO)ccc5CC[C@@H]34)[C@@H]1CC2. The third-order valence-electron chi connectivity index (χ3n) is 12.6. The Bertz CT molecular complexity index is 1500. The molecule has 7 nitrogen and oxygen atoms in total. The normalized spacial score (nSPS) is 34.0. The number of benzene rings is 2. The Morgan fingerprint density at radius 3 is 1.84 bits per heavy atom. The lowest BCUT2D eigenvalue weighted by atomic mass is 9.49. The predicted octanol–water partition coefficient (Wildman–Crippen LogP) is 5.99. The van der Waals surface area contributed by atoms with E-state index >= 15 is 0 Å². The van der Waals surface area contributed by atoms with Gasteiger partial charge in [0.2, 0.25) is 17.7 Å². The van der Waals surface area contributed by atoms with Gasteiger partial charge in [0.1, 0.15) is 12.4 Å². The number of ether oxygens (including phenoxy) is 1. The molecule has 236 valence electrons. The first-order valence-corrected chi connectivity index (χ1v) is 16.5. The van der Waals surface area contributed by atoms with E-state index in [0.29, 0.717) is 5.69 Å². The molecule has 0 radical (unpaired) electrons. The Labute approximate surface area is 261 Å². The highest BCUT2D eigenvalue weighted by Crippen LogP contribution is 2.59. The number of rotatable bonds is 5. The van der Waals surface area contributed by atoms with Crippen molar-refractivity contribution in [3.05, 3.63) is 58.7 Å². The number of imide groups is 1. The minimum atomic E-state index is -0.689. The number of methoxy groups -OCH3 is 1. The quantitative estimate of drug-likeness (QED) is 0.366. The van der Waals surface area contributed by atoms with E-state index in [-0.39, 0.29) is 34.5 Å². The van der Waals surface area contributed by atoms with Gasteiger partial charge in [-0.3, -0.25) is 19.7 Å². The van der Waals surface area contributed by atoms with Gasteiger partial charge >= 0.3 is 0 Å². The number of anilines is 1. The van der Waals surface area contributed by atoms with Crippen molar-refractivity contribution in [3.63, 3.8) is 0 Å². The smallest absolute Gasteiger partial charge is 0.250 e. The second-order valence-corrected chi connectivity index (χ2v) is 14.9. The van der Waals surface area contributed by atoms with E-state index < -0.39 is 23.3 Å². The number of aliphatic hydroxyl groups is 1. The van der Waals surface area contributed by atoms with Gasteiger partial charge in [-0.25, -0.2) is 0 Å². The molecular formula is C37H48N2O5. The number of carbonyl (C=O) groups is 3. The van der Waals surface area contributed by atoms with Gasteiger partial charge in [0, 0.05) is 5.69 Å². The summed E-state index contributed by atoms with van der Waals surface area (Å²) in [6.45, 7) is 8.16. The standard InChI is InChI=1S/C37H48N2O5/c1-34-16-6-18-36(3,29(34)14-10-23-8-12-25(20-27(23)34)38-31(41)22-40)32(42)39-33(43)37(4)19-7-17-35(2)28-21-26(44-5)13-9-24(28)11-15-30(35)37/h8-9,12-13,20-21,29-30,40H,6-7,10-11,14-19,22H2,1-5H3,(H,38,41)(H,39,42,43)/t29-,30-,34-,35-,36+,37+/m1/s1. The highest BCUT2D eigenvalue weighted by Gasteiger charge is 2.58. The van der Waals surface area contributed by atoms with Crippen LogP contribution in [-0.2, 0) is 38.1 Å². The molecule has 4 aliphatic rings. The number of fused-ring (bicyclic) bond motifs is 6. The fraction of sp³-hybridized carbons (Fsp3) is 0.595. The second-order valence-electron chi connectivity index (χ2n) is 14.9. The molecule has 0 aliphatic heterocycles. The van der Waals surface area contributed by atoms with Crippen LogP contribution in [0.15, 0.2) is 36.4 Å². The zero-order valence-electron chi connectivity index (χ0n) is 27.0. The van der Waals surface area contributed by atoms with Crippen LogP contribution >= 0.6 is 0 Å². The summed E-state index contributed by atoms with van der Waals surface area (Å²) < 4.78 is 5.58. The van der Waals surface area contributed by atoms with E-state index in [0.717, 1.165) is 70.0 Å². The molecule has 0 unspecified atom stereocenters. The fourth-order valence-corrected chi connectivity index (χ4v) is 10.2. The number of aryl methyl sites for hydroxylation is 2. The van der Waals surface area contributed by atoms with E-state index in [1.165, 1.54) is 22.3 Å². The van der Waals surface area contributed by atoms with Crippen molar-refractivity contribution in [1.82, 2.24) is 5.32 Å². The van der Waals surface area contributed by atoms with Crippen LogP contribution in [0.3, 0.4) is 0 Å².